The molecule has 0 spiro atoms. The van der Waals surface area contributed by atoms with Crippen molar-refractivity contribution in [1.82, 2.24) is 0 Å². The van der Waals surface area contributed by atoms with E-state index in [0.29, 0.717) is 32.0 Å². The Balaban J connectivity index is 2.26. The molecule has 1 aliphatic heterocycles. The Bertz CT molecular complexity index is 560. The van der Waals surface area contributed by atoms with E-state index in [9.17, 15) is 14.9 Å². The standard InChI is InChI=1S/C14H18N2O6/c1-20-9-11-8-15(5-6-22-11)10-3-4-12(14(17)21-2)13(7-10)16(18)19/h3-4,7,11H,5-6,8-9H2,1-2H3/t11-/m1/s1. The highest BCUT2D eigenvalue weighted by molar-refractivity contribution is 5.94. The van der Waals surface area contributed by atoms with Gasteiger partial charge in [0.25, 0.3) is 5.69 Å². The summed E-state index contributed by atoms with van der Waals surface area (Å²) >= 11 is 0. The van der Waals surface area contributed by atoms with Crippen LogP contribution in [0.1, 0.15) is 10.4 Å². The van der Waals surface area contributed by atoms with E-state index in [1.165, 1.54) is 19.2 Å². The van der Waals surface area contributed by atoms with Gasteiger partial charge < -0.3 is 19.1 Å². The van der Waals surface area contributed by atoms with Gasteiger partial charge in [-0.2, -0.15) is 0 Å². The Morgan fingerprint density at radius 2 is 2.27 bits per heavy atom. The molecule has 1 aromatic carbocycles. The van der Waals surface area contributed by atoms with E-state index < -0.39 is 10.9 Å². The van der Waals surface area contributed by atoms with Crippen molar-refractivity contribution in [3.05, 3.63) is 33.9 Å². The van der Waals surface area contributed by atoms with Gasteiger partial charge in [0.15, 0.2) is 0 Å². The molecule has 2 rings (SSSR count). The summed E-state index contributed by atoms with van der Waals surface area (Å²) in [5.74, 6) is -0.725. The molecule has 0 unspecified atom stereocenters. The molecular weight excluding hydrogens is 292 g/mol. The molecule has 0 radical (unpaired) electrons. The number of rotatable bonds is 5. The lowest BCUT2D eigenvalue weighted by molar-refractivity contribution is -0.385. The second-order valence-electron chi connectivity index (χ2n) is 4.84. The van der Waals surface area contributed by atoms with Gasteiger partial charge in [0.1, 0.15) is 5.56 Å². The van der Waals surface area contributed by atoms with Crippen molar-refractivity contribution in [1.29, 1.82) is 0 Å². The summed E-state index contributed by atoms with van der Waals surface area (Å²) in [5, 5.41) is 11.2. The minimum atomic E-state index is -0.725. The number of nitro groups is 1. The number of morpholine rings is 1. The molecule has 0 N–H and O–H groups in total. The number of anilines is 1. The molecule has 0 saturated carbocycles. The van der Waals surface area contributed by atoms with E-state index >= 15 is 0 Å². The number of esters is 1. The van der Waals surface area contributed by atoms with E-state index in [-0.39, 0.29) is 17.4 Å². The highest BCUT2D eigenvalue weighted by Crippen LogP contribution is 2.27. The third-order valence-corrected chi connectivity index (χ3v) is 3.44. The third kappa shape index (κ3) is 3.52. The van der Waals surface area contributed by atoms with E-state index in [1.54, 1.807) is 13.2 Å². The van der Waals surface area contributed by atoms with Crippen molar-refractivity contribution >= 4 is 17.3 Å². The zero-order chi connectivity index (χ0) is 16.1. The maximum atomic E-state index is 11.6. The van der Waals surface area contributed by atoms with Crippen LogP contribution in [-0.4, -0.2) is 57.5 Å². The van der Waals surface area contributed by atoms with Crippen LogP contribution in [-0.2, 0) is 14.2 Å². The molecular formula is C14H18N2O6. The number of nitrogens with zero attached hydrogens (tertiary/aromatic N) is 2. The lowest BCUT2D eigenvalue weighted by atomic mass is 10.1. The molecule has 1 atom stereocenters. The normalized spacial score (nSPS) is 18.1. The summed E-state index contributed by atoms with van der Waals surface area (Å²) in [7, 11) is 2.79. The SMILES string of the molecule is COC[C@H]1CN(c2ccc(C(=O)OC)c([N+](=O)[O-])c2)CCO1. The number of carbonyl (C=O) groups excluding carboxylic acids is 1. The van der Waals surface area contributed by atoms with E-state index in [0.717, 1.165) is 0 Å². The van der Waals surface area contributed by atoms with Crippen LogP contribution in [0.2, 0.25) is 0 Å². The maximum absolute atomic E-state index is 11.6. The van der Waals surface area contributed by atoms with Gasteiger partial charge in [0, 0.05) is 32.0 Å². The number of hydrogen-bond donors (Lipinski definition) is 0. The number of carbonyl (C=O) groups is 1. The highest BCUT2D eigenvalue weighted by Gasteiger charge is 2.25. The van der Waals surface area contributed by atoms with Crippen LogP contribution in [0, 0.1) is 10.1 Å². The summed E-state index contributed by atoms with van der Waals surface area (Å²) in [6.07, 6.45) is -0.0851. The summed E-state index contributed by atoms with van der Waals surface area (Å²) in [4.78, 5) is 24.2. The first kappa shape index (κ1) is 16.2. The minimum Gasteiger partial charge on any atom is -0.465 e. The second kappa shape index (κ2) is 7.19. The van der Waals surface area contributed by atoms with Gasteiger partial charge in [-0.3, -0.25) is 10.1 Å². The lowest BCUT2D eigenvalue weighted by Gasteiger charge is -2.34. The molecule has 1 aliphatic rings. The van der Waals surface area contributed by atoms with Crippen molar-refractivity contribution in [3.8, 4) is 0 Å². The smallest absolute Gasteiger partial charge is 0.344 e. The molecule has 1 heterocycles. The predicted molar refractivity (Wildman–Crippen MR) is 78.3 cm³/mol. The Morgan fingerprint density at radius 3 is 2.91 bits per heavy atom. The van der Waals surface area contributed by atoms with Crippen LogP contribution in [0.25, 0.3) is 0 Å². The zero-order valence-corrected chi connectivity index (χ0v) is 12.5. The Labute approximate surface area is 127 Å². The second-order valence-corrected chi connectivity index (χ2v) is 4.84. The monoisotopic (exact) mass is 310 g/mol. The van der Waals surface area contributed by atoms with Gasteiger partial charge in [-0.05, 0) is 12.1 Å². The minimum absolute atomic E-state index is 0.0575. The summed E-state index contributed by atoms with van der Waals surface area (Å²) < 4.78 is 15.2. The summed E-state index contributed by atoms with van der Waals surface area (Å²) in [6, 6.07) is 4.48. The van der Waals surface area contributed by atoms with Gasteiger partial charge in [0.2, 0.25) is 0 Å². The van der Waals surface area contributed by atoms with Gasteiger partial charge in [-0.15, -0.1) is 0 Å². The number of nitro benzene ring substituents is 1. The van der Waals surface area contributed by atoms with Crippen LogP contribution < -0.4 is 4.90 Å². The number of ether oxygens (including phenoxy) is 3. The first-order valence-electron chi connectivity index (χ1n) is 6.79. The van der Waals surface area contributed by atoms with Crippen LogP contribution >= 0.6 is 0 Å². The van der Waals surface area contributed by atoms with E-state index in [4.69, 9.17) is 9.47 Å². The van der Waals surface area contributed by atoms with Crippen LogP contribution in [0.15, 0.2) is 18.2 Å². The molecule has 8 heteroatoms. The van der Waals surface area contributed by atoms with Gasteiger partial charge in [-0.25, -0.2) is 4.79 Å². The van der Waals surface area contributed by atoms with Crippen molar-refractivity contribution in [3.63, 3.8) is 0 Å². The number of hydrogen-bond acceptors (Lipinski definition) is 7. The van der Waals surface area contributed by atoms with Gasteiger partial charge in [0.05, 0.1) is 31.4 Å². The molecule has 0 bridgehead atoms. The van der Waals surface area contributed by atoms with Crippen LogP contribution in [0.4, 0.5) is 11.4 Å². The molecule has 0 aliphatic carbocycles. The third-order valence-electron chi connectivity index (χ3n) is 3.44. The Hall–Kier alpha value is -2.19. The summed E-state index contributed by atoms with van der Waals surface area (Å²) in [6.45, 7) is 2.16. The molecule has 0 amide bonds. The van der Waals surface area contributed by atoms with E-state index in [2.05, 4.69) is 4.74 Å². The molecule has 22 heavy (non-hydrogen) atoms. The fourth-order valence-corrected chi connectivity index (χ4v) is 2.39. The highest BCUT2D eigenvalue weighted by atomic mass is 16.6. The first-order valence-corrected chi connectivity index (χ1v) is 6.79. The van der Waals surface area contributed by atoms with Crippen molar-refractivity contribution in [2.24, 2.45) is 0 Å². The average Bonchev–Trinajstić information content (AvgIpc) is 2.54. The fourth-order valence-electron chi connectivity index (χ4n) is 2.39. The molecule has 1 aromatic rings. The van der Waals surface area contributed by atoms with Crippen molar-refractivity contribution in [2.45, 2.75) is 6.10 Å². The number of methoxy groups -OCH3 is 2. The van der Waals surface area contributed by atoms with Crippen molar-refractivity contribution < 1.29 is 23.9 Å². The zero-order valence-electron chi connectivity index (χ0n) is 12.5. The van der Waals surface area contributed by atoms with Gasteiger partial charge >= 0.3 is 5.97 Å². The van der Waals surface area contributed by atoms with Crippen LogP contribution in [0.3, 0.4) is 0 Å². The molecule has 1 fully saturated rings. The van der Waals surface area contributed by atoms with E-state index in [1.807, 2.05) is 4.90 Å². The summed E-state index contributed by atoms with van der Waals surface area (Å²) in [5.41, 5.74) is 0.348. The number of benzene rings is 1. The molecule has 1 saturated heterocycles. The largest absolute Gasteiger partial charge is 0.465 e. The fraction of sp³-hybridized carbons (Fsp3) is 0.500. The first-order chi connectivity index (χ1) is 10.6. The van der Waals surface area contributed by atoms with Crippen molar-refractivity contribution in [2.75, 3.05) is 45.4 Å². The van der Waals surface area contributed by atoms with Gasteiger partial charge in [-0.1, -0.05) is 0 Å². The Morgan fingerprint density at radius 1 is 1.50 bits per heavy atom. The molecule has 0 aromatic heterocycles. The quantitative estimate of drug-likeness (QED) is 0.459. The average molecular weight is 310 g/mol. The maximum Gasteiger partial charge on any atom is 0.344 e. The molecule has 120 valence electrons. The Kier molecular flexibility index (Phi) is 5.29. The topological polar surface area (TPSA) is 91.1 Å². The molecule has 8 nitrogen and oxygen atoms in total. The van der Waals surface area contributed by atoms with Crippen LogP contribution in [0.5, 0.6) is 0 Å². The predicted octanol–water partition coefficient (Wildman–Crippen LogP) is 1.23. The lowest BCUT2D eigenvalue weighted by Crippen LogP contribution is -2.44.